The van der Waals surface area contributed by atoms with Crippen molar-refractivity contribution in [1.29, 1.82) is 0 Å². The number of nitro groups is 1. The Bertz CT molecular complexity index is 689. The second-order valence-corrected chi connectivity index (χ2v) is 6.93. The molecule has 194 valence electrons. The highest BCUT2D eigenvalue weighted by Crippen LogP contribution is 2.16. The quantitative estimate of drug-likeness (QED) is 0.374. The van der Waals surface area contributed by atoms with E-state index in [1.54, 1.807) is 0 Å². The summed E-state index contributed by atoms with van der Waals surface area (Å²) in [5.74, 6) is -0.725. The number of aromatic nitrogens is 1. The fourth-order valence-electron chi connectivity index (χ4n) is 2.91. The molecular formula is C22H38N4O8. The molecule has 0 atom stereocenters. The van der Waals surface area contributed by atoms with E-state index in [-0.39, 0.29) is 17.9 Å². The van der Waals surface area contributed by atoms with Crippen LogP contribution in [-0.2, 0) is 30.2 Å². The number of carbonyl (C=O) groups excluding carboxylic acids is 1. The van der Waals surface area contributed by atoms with Crippen LogP contribution < -0.4 is 5.32 Å². The van der Waals surface area contributed by atoms with Gasteiger partial charge in [-0.3, -0.25) is 15.0 Å². The van der Waals surface area contributed by atoms with Crippen molar-refractivity contribution in [2.75, 3.05) is 86.1 Å². The van der Waals surface area contributed by atoms with Gasteiger partial charge in [0, 0.05) is 44.9 Å². The van der Waals surface area contributed by atoms with Gasteiger partial charge in [-0.25, -0.2) is 9.78 Å². The van der Waals surface area contributed by atoms with E-state index in [1.807, 2.05) is 18.7 Å². The lowest BCUT2D eigenvalue weighted by Gasteiger charge is -2.22. The number of ether oxygens (including phenoxy) is 5. The van der Waals surface area contributed by atoms with Gasteiger partial charge in [0.1, 0.15) is 0 Å². The van der Waals surface area contributed by atoms with Crippen molar-refractivity contribution >= 4 is 11.7 Å². The lowest BCUT2D eigenvalue weighted by atomic mass is 10.2. The van der Waals surface area contributed by atoms with E-state index in [4.69, 9.17) is 18.9 Å². The van der Waals surface area contributed by atoms with Crippen LogP contribution in [0.3, 0.4) is 0 Å². The van der Waals surface area contributed by atoms with Crippen LogP contribution in [0.1, 0.15) is 30.0 Å². The molecule has 12 heteroatoms. The minimum absolute atomic E-state index is 0.102. The lowest BCUT2D eigenvalue weighted by Crippen LogP contribution is -2.32. The molecule has 0 amide bonds. The molecule has 0 aromatic carbocycles. The lowest BCUT2D eigenvalue weighted by molar-refractivity contribution is -0.385. The van der Waals surface area contributed by atoms with Crippen molar-refractivity contribution in [3.05, 3.63) is 33.6 Å². The van der Waals surface area contributed by atoms with Gasteiger partial charge < -0.3 is 29.0 Å². The fraction of sp³-hybridized carbons (Fsp3) is 0.727. The Balaban J connectivity index is 0.00000281. The summed E-state index contributed by atoms with van der Waals surface area (Å²) in [4.78, 5) is 28.8. The highest BCUT2D eigenvalue weighted by Gasteiger charge is 2.18. The third-order valence-electron chi connectivity index (χ3n) is 4.55. The summed E-state index contributed by atoms with van der Waals surface area (Å²) in [5, 5.41) is 14.5. The van der Waals surface area contributed by atoms with E-state index in [0.717, 1.165) is 19.2 Å². The maximum atomic E-state index is 11.9. The van der Waals surface area contributed by atoms with Gasteiger partial charge in [-0.2, -0.15) is 0 Å². The van der Waals surface area contributed by atoms with Gasteiger partial charge in [-0.15, -0.1) is 0 Å². The molecule has 1 fully saturated rings. The van der Waals surface area contributed by atoms with E-state index in [2.05, 4.69) is 15.0 Å². The standard InChI is InChI=1S/C20H32N4O8.C2H6/c1-28-20(25)19-15-18(24(26)27)14-17(22-19)16-23-4-8-31-12-10-29-6-2-21-3-7-30-11-13-32-9-5-23;1-2/h14-15,21H,2-13,16H2,1H3;1-2H3. The summed E-state index contributed by atoms with van der Waals surface area (Å²) < 4.78 is 26.9. The topological polar surface area (TPSA) is 135 Å². The summed E-state index contributed by atoms with van der Waals surface area (Å²) in [5.41, 5.74) is 0.0726. The maximum Gasteiger partial charge on any atom is 0.356 e. The molecule has 1 aromatic rings. The van der Waals surface area contributed by atoms with Gasteiger partial charge >= 0.3 is 5.97 Å². The summed E-state index contributed by atoms with van der Waals surface area (Å²) in [6, 6.07) is 2.46. The van der Waals surface area contributed by atoms with Gasteiger partial charge in [0.2, 0.25) is 0 Å². The molecular weight excluding hydrogens is 448 g/mol. The number of carbonyl (C=O) groups is 1. The molecule has 1 N–H and O–H groups in total. The number of nitrogens with zero attached hydrogens (tertiary/aromatic N) is 3. The van der Waals surface area contributed by atoms with Crippen molar-refractivity contribution in [2.45, 2.75) is 20.4 Å². The molecule has 1 aliphatic heterocycles. The molecule has 34 heavy (non-hydrogen) atoms. The SMILES string of the molecule is CC.COC(=O)c1cc([N+](=O)[O-])cc(CN2CCOCCOCCNCCOCCOCC2)n1. The molecule has 12 nitrogen and oxygen atoms in total. The van der Waals surface area contributed by atoms with Crippen LogP contribution in [0.25, 0.3) is 0 Å². The van der Waals surface area contributed by atoms with Gasteiger partial charge in [-0.05, 0) is 0 Å². The first-order valence-electron chi connectivity index (χ1n) is 11.6. The smallest absolute Gasteiger partial charge is 0.356 e. The highest BCUT2D eigenvalue weighted by molar-refractivity contribution is 5.87. The predicted molar refractivity (Wildman–Crippen MR) is 125 cm³/mol. The number of methoxy groups -OCH3 is 1. The van der Waals surface area contributed by atoms with E-state index in [1.165, 1.54) is 13.2 Å². The second kappa shape index (κ2) is 19.1. The van der Waals surface area contributed by atoms with Crippen LogP contribution in [0.15, 0.2) is 12.1 Å². The Labute approximate surface area is 201 Å². The van der Waals surface area contributed by atoms with Gasteiger partial charge in [-0.1, -0.05) is 13.8 Å². The summed E-state index contributed by atoms with van der Waals surface area (Å²) in [7, 11) is 1.20. The fourth-order valence-corrected chi connectivity index (χ4v) is 2.91. The van der Waals surface area contributed by atoms with Gasteiger partial charge in [0.25, 0.3) is 5.69 Å². The molecule has 1 aliphatic rings. The van der Waals surface area contributed by atoms with E-state index in [9.17, 15) is 14.9 Å². The number of esters is 1. The Morgan fingerprint density at radius 3 is 2.03 bits per heavy atom. The first kappa shape index (κ1) is 29.8. The molecule has 0 saturated carbocycles. The highest BCUT2D eigenvalue weighted by atomic mass is 16.6. The normalized spacial score (nSPS) is 18.0. The predicted octanol–water partition coefficient (Wildman–Crippen LogP) is 1.27. The number of pyridine rings is 1. The van der Waals surface area contributed by atoms with Gasteiger partial charge in [0.15, 0.2) is 5.69 Å². The number of rotatable bonds is 4. The largest absolute Gasteiger partial charge is 0.464 e. The van der Waals surface area contributed by atoms with Crippen LogP contribution in [0, 0.1) is 10.1 Å². The molecule has 0 unspecified atom stereocenters. The minimum Gasteiger partial charge on any atom is -0.464 e. The minimum atomic E-state index is -0.725. The number of nitrogens with one attached hydrogen (secondary N) is 1. The van der Waals surface area contributed by atoms with Crippen molar-refractivity contribution in [2.24, 2.45) is 0 Å². The summed E-state index contributed by atoms with van der Waals surface area (Å²) >= 11 is 0. The van der Waals surface area contributed by atoms with Crippen molar-refractivity contribution in [1.82, 2.24) is 15.2 Å². The van der Waals surface area contributed by atoms with Crippen molar-refractivity contribution in [3.63, 3.8) is 0 Å². The van der Waals surface area contributed by atoms with Crippen LogP contribution in [0.4, 0.5) is 5.69 Å². The Kier molecular flexibility index (Phi) is 16.8. The zero-order valence-corrected chi connectivity index (χ0v) is 20.5. The van der Waals surface area contributed by atoms with E-state index >= 15 is 0 Å². The Morgan fingerprint density at radius 2 is 1.53 bits per heavy atom. The Morgan fingerprint density at radius 1 is 1.00 bits per heavy atom. The average Bonchev–Trinajstić information content (AvgIpc) is 2.85. The second-order valence-electron chi connectivity index (χ2n) is 6.93. The van der Waals surface area contributed by atoms with Crippen LogP contribution in [0.5, 0.6) is 0 Å². The maximum absolute atomic E-state index is 11.9. The number of hydrogen-bond acceptors (Lipinski definition) is 11. The zero-order chi connectivity index (χ0) is 25.0. The molecule has 2 rings (SSSR count). The number of hydrogen-bond donors (Lipinski definition) is 1. The third-order valence-corrected chi connectivity index (χ3v) is 4.55. The molecule has 0 bridgehead atoms. The molecule has 0 spiro atoms. The summed E-state index contributed by atoms with van der Waals surface area (Å²) in [6.07, 6.45) is 0. The molecule has 0 aliphatic carbocycles. The molecule has 1 aromatic heterocycles. The first-order valence-corrected chi connectivity index (χ1v) is 11.6. The van der Waals surface area contributed by atoms with E-state index < -0.39 is 10.9 Å². The van der Waals surface area contributed by atoms with Crippen molar-refractivity contribution < 1.29 is 33.4 Å². The van der Waals surface area contributed by atoms with Crippen LogP contribution in [0.2, 0.25) is 0 Å². The summed E-state index contributed by atoms with van der Waals surface area (Å²) in [6.45, 7) is 10.9. The van der Waals surface area contributed by atoms with Crippen molar-refractivity contribution in [3.8, 4) is 0 Å². The van der Waals surface area contributed by atoms with E-state index in [0.29, 0.717) is 71.6 Å². The van der Waals surface area contributed by atoms with Gasteiger partial charge in [0.05, 0.1) is 70.6 Å². The average molecular weight is 487 g/mol. The monoisotopic (exact) mass is 486 g/mol. The first-order chi connectivity index (χ1) is 16.6. The molecule has 0 radical (unpaired) electrons. The molecule has 2 heterocycles. The Hall–Kier alpha value is -2.22. The third kappa shape index (κ3) is 12.9. The zero-order valence-electron chi connectivity index (χ0n) is 20.5. The van der Waals surface area contributed by atoms with Crippen LogP contribution >= 0.6 is 0 Å². The van der Waals surface area contributed by atoms with Crippen LogP contribution in [-0.4, -0.2) is 107 Å². The molecule has 1 saturated heterocycles.